The van der Waals surface area contributed by atoms with Crippen molar-refractivity contribution in [2.75, 3.05) is 12.3 Å². The summed E-state index contributed by atoms with van der Waals surface area (Å²) in [6.07, 6.45) is -0.526. The number of ether oxygens (including phenoxy) is 1. The molecule has 2 aromatic carbocycles. The molecule has 0 saturated heterocycles. The maximum absolute atomic E-state index is 12.3. The summed E-state index contributed by atoms with van der Waals surface area (Å²) < 4.78 is 5.96. The van der Waals surface area contributed by atoms with Crippen molar-refractivity contribution < 1.29 is 9.53 Å². The fourth-order valence-electron chi connectivity index (χ4n) is 2.67. The van der Waals surface area contributed by atoms with Gasteiger partial charge in [0, 0.05) is 23.1 Å². The Labute approximate surface area is 171 Å². The highest BCUT2D eigenvalue weighted by Gasteiger charge is 2.17. The fourth-order valence-corrected chi connectivity index (χ4v) is 3.69. The Morgan fingerprint density at radius 1 is 1.19 bits per heavy atom. The van der Waals surface area contributed by atoms with Crippen molar-refractivity contribution in [2.24, 2.45) is 0 Å². The Morgan fingerprint density at radius 2 is 1.96 bits per heavy atom. The fraction of sp³-hybridized carbons (Fsp3) is 0.409. The van der Waals surface area contributed by atoms with E-state index >= 15 is 0 Å². The zero-order valence-electron chi connectivity index (χ0n) is 16.4. The minimum atomic E-state index is -0.526. The van der Waals surface area contributed by atoms with E-state index in [1.165, 1.54) is 5.56 Å². The lowest BCUT2D eigenvalue weighted by Crippen LogP contribution is -2.37. The molecule has 1 amide bonds. The molecular weight excluding hydrogens is 378 g/mol. The number of aryl methyl sites for hydroxylation is 1. The molecule has 0 aliphatic rings. The van der Waals surface area contributed by atoms with Crippen molar-refractivity contribution in [1.82, 2.24) is 5.32 Å². The van der Waals surface area contributed by atoms with E-state index in [0.717, 1.165) is 33.4 Å². The first kappa shape index (κ1) is 21.6. The summed E-state index contributed by atoms with van der Waals surface area (Å²) in [4.78, 5) is 12.3. The number of halogens is 1. The van der Waals surface area contributed by atoms with E-state index in [2.05, 4.69) is 37.4 Å². The summed E-state index contributed by atoms with van der Waals surface area (Å²) in [5.74, 6) is 2.77. The van der Waals surface area contributed by atoms with Crippen LogP contribution in [0.1, 0.15) is 43.4 Å². The molecule has 5 heteroatoms. The van der Waals surface area contributed by atoms with Gasteiger partial charge in [0.25, 0.3) is 5.91 Å². The quantitative estimate of drug-likeness (QED) is 0.552. The Kier molecular flexibility index (Phi) is 8.52. The van der Waals surface area contributed by atoms with Gasteiger partial charge in [0.2, 0.25) is 0 Å². The predicted octanol–water partition coefficient (Wildman–Crippen LogP) is 5.59. The standard InChI is InChI=1S/C22H28ClNO2S/c1-15(2)20-9-8-16(3)12-21(20)26-17(4)22(25)24-10-11-27-14-18-6-5-7-19(23)13-18/h5-9,12-13,15,17H,10-11,14H2,1-4H3,(H,24,25)/t17-/m0/s1. The van der Waals surface area contributed by atoms with Gasteiger partial charge in [0.15, 0.2) is 6.10 Å². The van der Waals surface area contributed by atoms with Gasteiger partial charge in [0.1, 0.15) is 5.75 Å². The van der Waals surface area contributed by atoms with Gasteiger partial charge in [0.05, 0.1) is 0 Å². The molecule has 146 valence electrons. The summed E-state index contributed by atoms with van der Waals surface area (Å²) in [5.41, 5.74) is 3.44. The van der Waals surface area contributed by atoms with E-state index in [-0.39, 0.29) is 5.91 Å². The minimum Gasteiger partial charge on any atom is -0.481 e. The predicted molar refractivity (Wildman–Crippen MR) is 116 cm³/mol. The first-order valence-electron chi connectivity index (χ1n) is 9.24. The van der Waals surface area contributed by atoms with Crippen molar-refractivity contribution in [2.45, 2.75) is 45.5 Å². The lowest BCUT2D eigenvalue weighted by molar-refractivity contribution is -0.127. The zero-order valence-corrected chi connectivity index (χ0v) is 18.0. The number of benzene rings is 2. The van der Waals surface area contributed by atoms with Crippen molar-refractivity contribution in [3.63, 3.8) is 0 Å². The average Bonchev–Trinajstić information content (AvgIpc) is 2.61. The minimum absolute atomic E-state index is 0.0884. The number of carbonyl (C=O) groups is 1. The Hall–Kier alpha value is -1.65. The second-order valence-electron chi connectivity index (χ2n) is 6.93. The Balaban J connectivity index is 1.76. The van der Waals surface area contributed by atoms with Crippen LogP contribution in [0.25, 0.3) is 0 Å². The molecule has 0 aromatic heterocycles. The van der Waals surface area contributed by atoms with Gasteiger partial charge in [-0.15, -0.1) is 0 Å². The van der Waals surface area contributed by atoms with Crippen molar-refractivity contribution >= 4 is 29.3 Å². The highest BCUT2D eigenvalue weighted by molar-refractivity contribution is 7.98. The second kappa shape index (κ2) is 10.6. The molecule has 0 fully saturated rings. The van der Waals surface area contributed by atoms with Crippen LogP contribution in [-0.4, -0.2) is 24.3 Å². The van der Waals surface area contributed by atoms with Gasteiger partial charge in [-0.3, -0.25) is 4.79 Å². The van der Waals surface area contributed by atoms with E-state index in [1.807, 2.05) is 31.2 Å². The second-order valence-corrected chi connectivity index (χ2v) is 8.47. The average molecular weight is 406 g/mol. The molecule has 0 heterocycles. The monoisotopic (exact) mass is 405 g/mol. The van der Waals surface area contributed by atoms with Crippen LogP contribution in [0.2, 0.25) is 5.02 Å². The molecule has 0 radical (unpaired) electrons. The smallest absolute Gasteiger partial charge is 0.260 e. The van der Waals surface area contributed by atoms with Gasteiger partial charge < -0.3 is 10.1 Å². The van der Waals surface area contributed by atoms with Gasteiger partial charge in [-0.05, 0) is 54.7 Å². The maximum atomic E-state index is 12.3. The van der Waals surface area contributed by atoms with Crippen LogP contribution in [0.5, 0.6) is 5.75 Å². The molecule has 2 aromatic rings. The van der Waals surface area contributed by atoms with Crippen molar-refractivity contribution in [1.29, 1.82) is 0 Å². The van der Waals surface area contributed by atoms with E-state index in [4.69, 9.17) is 16.3 Å². The van der Waals surface area contributed by atoms with Crippen LogP contribution in [0.4, 0.5) is 0 Å². The van der Waals surface area contributed by atoms with Crippen molar-refractivity contribution in [3.8, 4) is 5.75 Å². The first-order valence-corrected chi connectivity index (χ1v) is 10.8. The van der Waals surface area contributed by atoms with Gasteiger partial charge in [-0.25, -0.2) is 0 Å². The largest absolute Gasteiger partial charge is 0.481 e. The molecular formula is C22H28ClNO2S. The van der Waals surface area contributed by atoms with Gasteiger partial charge in [-0.2, -0.15) is 11.8 Å². The van der Waals surface area contributed by atoms with Crippen LogP contribution in [0, 0.1) is 6.92 Å². The number of hydrogen-bond donors (Lipinski definition) is 1. The van der Waals surface area contributed by atoms with Crippen LogP contribution >= 0.6 is 23.4 Å². The molecule has 0 unspecified atom stereocenters. The van der Waals surface area contributed by atoms with Gasteiger partial charge in [-0.1, -0.05) is 49.7 Å². The molecule has 0 aliphatic carbocycles. The lowest BCUT2D eigenvalue weighted by Gasteiger charge is -2.19. The van der Waals surface area contributed by atoms with Crippen LogP contribution < -0.4 is 10.1 Å². The molecule has 3 nitrogen and oxygen atoms in total. The normalized spacial score (nSPS) is 12.1. The summed E-state index contributed by atoms with van der Waals surface area (Å²) in [6, 6.07) is 14.0. The Morgan fingerprint density at radius 3 is 2.67 bits per heavy atom. The molecule has 27 heavy (non-hydrogen) atoms. The molecule has 2 rings (SSSR count). The zero-order chi connectivity index (χ0) is 19.8. The molecule has 1 N–H and O–H groups in total. The molecule has 1 atom stereocenters. The number of thioether (sulfide) groups is 1. The van der Waals surface area contributed by atoms with E-state index < -0.39 is 6.10 Å². The molecule has 0 spiro atoms. The van der Waals surface area contributed by atoms with Crippen LogP contribution in [0.15, 0.2) is 42.5 Å². The van der Waals surface area contributed by atoms with E-state index in [0.29, 0.717) is 12.5 Å². The SMILES string of the molecule is Cc1ccc(C(C)C)c(O[C@@H](C)C(=O)NCCSCc2cccc(Cl)c2)c1. The molecule has 0 bridgehead atoms. The summed E-state index contributed by atoms with van der Waals surface area (Å²) in [7, 11) is 0. The number of hydrogen-bond acceptors (Lipinski definition) is 3. The lowest BCUT2D eigenvalue weighted by atomic mass is 10.0. The third-order valence-electron chi connectivity index (χ3n) is 4.17. The molecule has 0 aliphatic heterocycles. The highest BCUT2D eigenvalue weighted by Crippen LogP contribution is 2.28. The van der Waals surface area contributed by atoms with Gasteiger partial charge >= 0.3 is 0 Å². The van der Waals surface area contributed by atoms with Crippen LogP contribution in [-0.2, 0) is 10.5 Å². The number of rotatable bonds is 9. The molecule has 0 saturated carbocycles. The third-order valence-corrected chi connectivity index (χ3v) is 5.43. The van der Waals surface area contributed by atoms with E-state index in [1.54, 1.807) is 18.7 Å². The summed E-state index contributed by atoms with van der Waals surface area (Å²) >= 11 is 7.75. The maximum Gasteiger partial charge on any atom is 0.260 e. The van der Waals surface area contributed by atoms with E-state index in [9.17, 15) is 4.79 Å². The number of amides is 1. The highest BCUT2D eigenvalue weighted by atomic mass is 35.5. The number of nitrogens with one attached hydrogen (secondary N) is 1. The summed E-state index contributed by atoms with van der Waals surface area (Å²) in [5, 5.41) is 3.71. The van der Waals surface area contributed by atoms with Crippen molar-refractivity contribution in [3.05, 3.63) is 64.2 Å². The van der Waals surface area contributed by atoms with Crippen LogP contribution in [0.3, 0.4) is 0 Å². The first-order chi connectivity index (χ1) is 12.9. The topological polar surface area (TPSA) is 38.3 Å². The Bertz CT molecular complexity index is 764. The number of carbonyl (C=O) groups excluding carboxylic acids is 1. The third kappa shape index (κ3) is 7.11. The summed E-state index contributed by atoms with van der Waals surface area (Å²) in [6.45, 7) is 8.68.